The summed E-state index contributed by atoms with van der Waals surface area (Å²) in [5.74, 6) is 1.22. The largest absolute Gasteiger partial charge is 0.491 e. The van der Waals surface area contributed by atoms with Gasteiger partial charge in [-0.05, 0) is 19.1 Å². The minimum absolute atomic E-state index is 0.216. The summed E-state index contributed by atoms with van der Waals surface area (Å²) in [5, 5.41) is 5.90. The van der Waals surface area contributed by atoms with Crippen molar-refractivity contribution >= 4 is 17.3 Å². The first-order chi connectivity index (χ1) is 10.2. The van der Waals surface area contributed by atoms with Crippen molar-refractivity contribution in [2.75, 3.05) is 31.4 Å². The van der Waals surface area contributed by atoms with Gasteiger partial charge in [-0.2, -0.15) is 0 Å². The van der Waals surface area contributed by atoms with Crippen LogP contribution in [0.2, 0.25) is 0 Å². The highest BCUT2D eigenvalue weighted by atomic mass is 19.1. The molecule has 0 saturated heterocycles. The van der Waals surface area contributed by atoms with Crippen molar-refractivity contribution in [2.24, 2.45) is 0 Å². The topological polar surface area (TPSA) is 68.3 Å². The van der Waals surface area contributed by atoms with Crippen LogP contribution >= 0.6 is 0 Å². The van der Waals surface area contributed by atoms with Gasteiger partial charge in [0, 0.05) is 18.8 Å². The molecular weight excluding hydrogens is 275 g/mol. The van der Waals surface area contributed by atoms with Gasteiger partial charge in [0.1, 0.15) is 6.33 Å². The minimum Gasteiger partial charge on any atom is -0.491 e. The Morgan fingerprint density at radius 3 is 2.62 bits per heavy atom. The molecule has 2 aromatic rings. The van der Waals surface area contributed by atoms with Gasteiger partial charge in [-0.15, -0.1) is 0 Å². The van der Waals surface area contributed by atoms with E-state index < -0.39 is 5.82 Å². The van der Waals surface area contributed by atoms with Gasteiger partial charge >= 0.3 is 0 Å². The number of aromatic nitrogens is 2. The van der Waals surface area contributed by atoms with E-state index in [2.05, 4.69) is 20.6 Å². The Labute approximate surface area is 122 Å². The Morgan fingerprint density at radius 1 is 1.24 bits per heavy atom. The summed E-state index contributed by atoms with van der Waals surface area (Å²) in [6, 6.07) is 4.61. The summed E-state index contributed by atoms with van der Waals surface area (Å²) in [6.45, 7) is 2.21. The van der Waals surface area contributed by atoms with Crippen molar-refractivity contribution in [3.63, 3.8) is 0 Å². The number of nitrogens with one attached hydrogen (secondary N) is 2. The lowest BCUT2D eigenvalue weighted by Gasteiger charge is -2.13. The molecule has 0 saturated carbocycles. The minimum atomic E-state index is -0.441. The zero-order valence-corrected chi connectivity index (χ0v) is 12.1. The van der Waals surface area contributed by atoms with Crippen molar-refractivity contribution in [3.8, 4) is 11.5 Å². The Kier molecular flexibility index (Phi) is 4.76. The number of hydrogen-bond acceptors (Lipinski definition) is 6. The van der Waals surface area contributed by atoms with Crippen molar-refractivity contribution in [1.82, 2.24) is 9.97 Å². The quantitative estimate of drug-likeness (QED) is 0.853. The van der Waals surface area contributed by atoms with E-state index in [9.17, 15) is 4.39 Å². The van der Waals surface area contributed by atoms with Gasteiger partial charge in [-0.3, -0.25) is 0 Å². The third-order valence-corrected chi connectivity index (χ3v) is 2.74. The molecule has 7 heteroatoms. The van der Waals surface area contributed by atoms with Crippen LogP contribution in [0.15, 0.2) is 24.5 Å². The van der Waals surface area contributed by atoms with Crippen LogP contribution in [0.25, 0.3) is 0 Å². The van der Waals surface area contributed by atoms with Gasteiger partial charge in [0.05, 0.1) is 13.7 Å². The average molecular weight is 292 g/mol. The fraction of sp³-hybridized carbons (Fsp3) is 0.286. The molecule has 0 fully saturated rings. The maximum absolute atomic E-state index is 13.8. The summed E-state index contributed by atoms with van der Waals surface area (Å²) in [6.07, 6.45) is 1.39. The van der Waals surface area contributed by atoms with Crippen LogP contribution < -0.4 is 20.1 Å². The third-order valence-electron chi connectivity index (χ3n) is 2.74. The molecule has 2 N–H and O–H groups in total. The van der Waals surface area contributed by atoms with Crippen LogP contribution in [0.1, 0.15) is 6.92 Å². The SMILES string of the molecule is CCOc1ccc(Nc2ncnc(NC)c2OC)cc1F. The second-order valence-electron chi connectivity index (χ2n) is 4.06. The number of methoxy groups -OCH3 is 1. The van der Waals surface area contributed by atoms with Crippen molar-refractivity contribution in [3.05, 3.63) is 30.3 Å². The first-order valence-corrected chi connectivity index (χ1v) is 6.45. The van der Waals surface area contributed by atoms with Gasteiger partial charge in [0.2, 0.25) is 5.75 Å². The van der Waals surface area contributed by atoms with E-state index in [0.29, 0.717) is 29.7 Å². The molecule has 1 heterocycles. The highest BCUT2D eigenvalue weighted by molar-refractivity contribution is 5.69. The van der Waals surface area contributed by atoms with Crippen molar-refractivity contribution in [1.29, 1.82) is 0 Å². The summed E-state index contributed by atoms with van der Waals surface area (Å²) in [7, 11) is 3.24. The van der Waals surface area contributed by atoms with Crippen LogP contribution in [0, 0.1) is 5.82 Å². The predicted molar refractivity (Wildman–Crippen MR) is 79.0 cm³/mol. The molecule has 112 valence electrons. The monoisotopic (exact) mass is 292 g/mol. The molecule has 0 aliphatic heterocycles. The van der Waals surface area contributed by atoms with Gasteiger partial charge in [0.25, 0.3) is 0 Å². The molecule has 1 aromatic carbocycles. The van der Waals surface area contributed by atoms with Crippen molar-refractivity contribution in [2.45, 2.75) is 6.92 Å². The van der Waals surface area contributed by atoms with Gasteiger partial charge in [-0.1, -0.05) is 0 Å². The number of rotatable bonds is 6. The second kappa shape index (κ2) is 6.74. The van der Waals surface area contributed by atoms with E-state index in [1.165, 1.54) is 19.5 Å². The zero-order chi connectivity index (χ0) is 15.2. The predicted octanol–water partition coefficient (Wildman–Crippen LogP) is 2.81. The molecule has 0 radical (unpaired) electrons. The highest BCUT2D eigenvalue weighted by Gasteiger charge is 2.12. The molecule has 21 heavy (non-hydrogen) atoms. The molecule has 0 atom stereocenters. The molecule has 0 aliphatic carbocycles. The van der Waals surface area contributed by atoms with E-state index in [4.69, 9.17) is 9.47 Å². The van der Waals surface area contributed by atoms with Gasteiger partial charge in [0.15, 0.2) is 23.2 Å². The first kappa shape index (κ1) is 14.8. The van der Waals surface area contributed by atoms with E-state index in [-0.39, 0.29) is 5.75 Å². The summed E-state index contributed by atoms with van der Waals surface area (Å²) >= 11 is 0. The molecule has 6 nitrogen and oxygen atoms in total. The molecule has 0 spiro atoms. The van der Waals surface area contributed by atoms with E-state index in [1.54, 1.807) is 26.1 Å². The Hall–Kier alpha value is -2.57. The molecule has 0 unspecified atom stereocenters. The molecular formula is C14H17FN4O2. The normalized spacial score (nSPS) is 10.1. The lowest BCUT2D eigenvalue weighted by atomic mass is 10.3. The van der Waals surface area contributed by atoms with Gasteiger partial charge in [-0.25, -0.2) is 14.4 Å². The summed E-state index contributed by atoms with van der Waals surface area (Å²) < 4.78 is 24.3. The lowest BCUT2D eigenvalue weighted by Crippen LogP contribution is -2.03. The number of nitrogens with zero attached hydrogens (tertiary/aromatic N) is 2. The Morgan fingerprint density at radius 2 is 2.00 bits per heavy atom. The fourth-order valence-corrected chi connectivity index (χ4v) is 1.82. The van der Waals surface area contributed by atoms with Gasteiger partial charge < -0.3 is 20.1 Å². The van der Waals surface area contributed by atoms with Crippen LogP contribution in [0.3, 0.4) is 0 Å². The number of ether oxygens (including phenoxy) is 2. The Balaban J connectivity index is 2.28. The highest BCUT2D eigenvalue weighted by Crippen LogP contribution is 2.31. The molecule has 0 amide bonds. The maximum atomic E-state index is 13.8. The van der Waals surface area contributed by atoms with Crippen molar-refractivity contribution < 1.29 is 13.9 Å². The average Bonchev–Trinajstić information content (AvgIpc) is 2.50. The van der Waals surface area contributed by atoms with Crippen LogP contribution in [-0.2, 0) is 0 Å². The summed E-state index contributed by atoms with van der Waals surface area (Å²) in [5.41, 5.74) is 0.537. The number of hydrogen-bond donors (Lipinski definition) is 2. The number of anilines is 3. The van der Waals surface area contributed by atoms with Crippen LogP contribution in [-0.4, -0.2) is 30.7 Å². The Bertz CT molecular complexity index is 622. The third kappa shape index (κ3) is 3.31. The van der Waals surface area contributed by atoms with E-state index in [1.807, 2.05) is 0 Å². The van der Waals surface area contributed by atoms with Crippen LogP contribution in [0.4, 0.5) is 21.7 Å². The zero-order valence-electron chi connectivity index (χ0n) is 12.1. The summed E-state index contributed by atoms with van der Waals surface area (Å²) in [4.78, 5) is 8.15. The second-order valence-corrected chi connectivity index (χ2v) is 4.06. The van der Waals surface area contributed by atoms with Crippen LogP contribution in [0.5, 0.6) is 11.5 Å². The maximum Gasteiger partial charge on any atom is 0.204 e. The first-order valence-electron chi connectivity index (χ1n) is 6.45. The number of halogens is 1. The fourth-order valence-electron chi connectivity index (χ4n) is 1.82. The molecule has 0 bridgehead atoms. The number of benzene rings is 1. The molecule has 2 rings (SSSR count). The van der Waals surface area contributed by atoms with E-state index >= 15 is 0 Å². The van der Waals surface area contributed by atoms with E-state index in [0.717, 1.165) is 0 Å². The molecule has 0 aliphatic rings. The lowest BCUT2D eigenvalue weighted by molar-refractivity contribution is 0.321. The molecule has 1 aromatic heterocycles. The smallest absolute Gasteiger partial charge is 0.204 e. The standard InChI is InChI=1S/C14H17FN4O2/c1-4-21-11-6-5-9(7-10(11)15)19-14-12(20-3)13(16-2)17-8-18-14/h5-8H,4H2,1-3H3,(H2,16,17,18,19).